The molecule has 138 valence electrons. The summed E-state index contributed by atoms with van der Waals surface area (Å²) in [6, 6.07) is 18.2. The van der Waals surface area contributed by atoms with Gasteiger partial charge in [0.25, 0.3) is 0 Å². The highest BCUT2D eigenvalue weighted by Gasteiger charge is 2.39. The topological polar surface area (TPSA) is 70.3 Å². The lowest BCUT2D eigenvalue weighted by Crippen LogP contribution is -2.33. The Bertz CT molecular complexity index is 717. The van der Waals surface area contributed by atoms with Gasteiger partial charge in [0, 0.05) is 0 Å². The van der Waals surface area contributed by atoms with E-state index in [1.54, 1.807) is 24.3 Å². The lowest BCUT2D eigenvalue weighted by molar-refractivity contribution is -0.141. The molecule has 0 aromatic heterocycles. The molecule has 0 bridgehead atoms. The van der Waals surface area contributed by atoms with Crippen LogP contribution in [0.4, 0.5) is 0 Å². The van der Waals surface area contributed by atoms with Crippen molar-refractivity contribution in [2.75, 3.05) is 0 Å². The van der Waals surface area contributed by atoms with E-state index in [0.717, 1.165) is 5.56 Å². The van der Waals surface area contributed by atoms with Gasteiger partial charge in [0.05, 0.1) is 6.07 Å². The minimum absolute atomic E-state index is 0. The number of allylic oxidation sites excluding steroid dienone is 1. The Morgan fingerprint density at radius 3 is 2.23 bits per heavy atom. The van der Waals surface area contributed by atoms with Crippen LogP contribution in [0.15, 0.2) is 67.3 Å². The van der Waals surface area contributed by atoms with Crippen molar-refractivity contribution in [3.8, 4) is 11.8 Å². The zero-order chi connectivity index (χ0) is 18.7. The van der Waals surface area contributed by atoms with Gasteiger partial charge < -0.3 is 9.84 Å². The number of nitriles is 1. The van der Waals surface area contributed by atoms with E-state index in [1.165, 1.54) is 6.08 Å². The van der Waals surface area contributed by atoms with Gasteiger partial charge >= 0.3 is 5.97 Å². The Morgan fingerprint density at radius 2 is 1.77 bits per heavy atom. The molecule has 0 radical (unpaired) electrons. The fourth-order valence-corrected chi connectivity index (χ4v) is 2.28. The molecule has 0 saturated carbocycles. The second-order valence-electron chi connectivity index (χ2n) is 5.11. The first kappa shape index (κ1) is 22.9. The summed E-state index contributed by atoms with van der Waals surface area (Å²) in [5.41, 5.74) is -0.153. The second-order valence-corrected chi connectivity index (χ2v) is 5.11. The lowest BCUT2D eigenvalue weighted by atomic mass is 9.79. The van der Waals surface area contributed by atoms with Gasteiger partial charge in [0.1, 0.15) is 12.4 Å². The molecule has 1 unspecified atom stereocenters. The quantitative estimate of drug-likeness (QED) is 0.681. The van der Waals surface area contributed by atoms with Gasteiger partial charge in [-0.05, 0) is 29.7 Å². The molecule has 0 aliphatic rings. The predicted molar refractivity (Wildman–Crippen MR) is 105 cm³/mol. The zero-order valence-electron chi connectivity index (χ0n) is 14.6. The molecule has 0 saturated heterocycles. The molecule has 0 aliphatic heterocycles. The Kier molecular flexibility index (Phi) is 10.1. The monoisotopic (exact) mass is 353 g/mol. The van der Waals surface area contributed by atoms with Crippen LogP contribution >= 0.6 is 0 Å². The number of hydrogen-bond acceptors (Lipinski definition) is 3. The normalized spacial score (nSPS) is 11.4. The van der Waals surface area contributed by atoms with Crippen LogP contribution in [0.2, 0.25) is 0 Å². The van der Waals surface area contributed by atoms with Gasteiger partial charge in [-0.2, -0.15) is 5.26 Å². The summed E-state index contributed by atoms with van der Waals surface area (Å²) >= 11 is 0. The van der Waals surface area contributed by atoms with Gasteiger partial charge in [-0.1, -0.05) is 69.8 Å². The largest absolute Gasteiger partial charge is 0.489 e. The molecule has 2 aromatic rings. The molecule has 0 fully saturated rings. The number of benzene rings is 2. The Hall–Kier alpha value is -3.06. The maximum absolute atomic E-state index is 11.5. The van der Waals surface area contributed by atoms with Crippen molar-refractivity contribution >= 4 is 5.97 Å². The molecule has 26 heavy (non-hydrogen) atoms. The maximum Gasteiger partial charge on any atom is 0.328 e. The highest BCUT2D eigenvalue weighted by Crippen LogP contribution is 2.30. The van der Waals surface area contributed by atoms with Gasteiger partial charge in [-0.25, -0.2) is 0 Å². The Morgan fingerprint density at radius 1 is 1.19 bits per heavy atom. The molecule has 0 spiro atoms. The first-order valence-electron chi connectivity index (χ1n) is 8.15. The van der Waals surface area contributed by atoms with Crippen LogP contribution in [0.25, 0.3) is 0 Å². The lowest BCUT2D eigenvalue weighted by Gasteiger charge is -2.20. The summed E-state index contributed by atoms with van der Waals surface area (Å²) in [6.45, 7) is 7.97. The Labute approximate surface area is 156 Å². The SMILES string of the molecule is C.C=CCC(C#N)(C(=O)O)c1ccc(OCc2ccccc2)cc1.CC. The molecular weight excluding hydrogens is 326 g/mol. The minimum atomic E-state index is -1.61. The van der Waals surface area contributed by atoms with Crippen LogP contribution in [0.5, 0.6) is 5.75 Å². The van der Waals surface area contributed by atoms with E-state index in [4.69, 9.17) is 4.74 Å². The number of carboxylic acids is 1. The van der Waals surface area contributed by atoms with E-state index in [2.05, 4.69) is 6.58 Å². The van der Waals surface area contributed by atoms with Crippen molar-refractivity contribution in [3.05, 3.63) is 78.4 Å². The van der Waals surface area contributed by atoms with Crippen molar-refractivity contribution in [1.82, 2.24) is 0 Å². The summed E-state index contributed by atoms with van der Waals surface area (Å²) in [6.07, 6.45) is 1.49. The van der Waals surface area contributed by atoms with E-state index in [1.807, 2.05) is 50.2 Å². The molecule has 2 rings (SSSR count). The minimum Gasteiger partial charge on any atom is -0.489 e. The van der Waals surface area contributed by atoms with E-state index >= 15 is 0 Å². The molecule has 1 atom stereocenters. The molecule has 2 aromatic carbocycles. The number of carboxylic acid groups (broad SMARTS) is 1. The van der Waals surface area contributed by atoms with Crippen LogP contribution in [0, 0.1) is 11.3 Å². The molecule has 4 nitrogen and oxygen atoms in total. The third-order valence-electron chi connectivity index (χ3n) is 3.60. The fourth-order valence-electron chi connectivity index (χ4n) is 2.28. The van der Waals surface area contributed by atoms with Gasteiger partial charge in [0.2, 0.25) is 0 Å². The number of rotatable bonds is 7. The van der Waals surface area contributed by atoms with Crippen LogP contribution in [-0.2, 0) is 16.8 Å². The van der Waals surface area contributed by atoms with Gasteiger partial charge in [0.15, 0.2) is 5.41 Å². The van der Waals surface area contributed by atoms with E-state index < -0.39 is 11.4 Å². The first-order chi connectivity index (χ1) is 12.1. The summed E-state index contributed by atoms with van der Waals surface area (Å²) in [7, 11) is 0. The third-order valence-corrected chi connectivity index (χ3v) is 3.60. The maximum atomic E-state index is 11.5. The molecule has 0 amide bonds. The average molecular weight is 353 g/mol. The smallest absolute Gasteiger partial charge is 0.328 e. The van der Waals surface area contributed by atoms with Crippen LogP contribution < -0.4 is 4.74 Å². The number of ether oxygens (including phenoxy) is 1. The Balaban J connectivity index is 0.00000201. The highest BCUT2D eigenvalue weighted by atomic mass is 16.5. The number of nitrogens with zero attached hydrogens (tertiary/aromatic N) is 1. The molecular formula is C22H27NO3. The summed E-state index contributed by atoms with van der Waals surface area (Å²) in [4.78, 5) is 11.5. The van der Waals surface area contributed by atoms with E-state index in [0.29, 0.717) is 17.9 Å². The fraction of sp³-hybridized carbons (Fsp3) is 0.273. The molecule has 1 N–H and O–H groups in total. The zero-order valence-corrected chi connectivity index (χ0v) is 14.6. The van der Waals surface area contributed by atoms with Crippen LogP contribution in [-0.4, -0.2) is 11.1 Å². The number of aliphatic carboxylic acids is 1. The molecule has 4 heteroatoms. The predicted octanol–water partition coefficient (Wildman–Crippen LogP) is 5.35. The van der Waals surface area contributed by atoms with Crippen molar-refractivity contribution in [2.45, 2.75) is 39.7 Å². The summed E-state index contributed by atoms with van der Waals surface area (Å²) in [5.74, 6) is -0.564. The van der Waals surface area contributed by atoms with Crippen molar-refractivity contribution in [1.29, 1.82) is 5.26 Å². The number of carbonyl (C=O) groups is 1. The average Bonchev–Trinajstić information content (AvgIpc) is 2.67. The van der Waals surface area contributed by atoms with E-state index in [9.17, 15) is 15.2 Å². The standard InChI is InChI=1S/C19H17NO3.C2H6.CH4/c1-2-12-19(14-20,18(21)22)16-8-10-17(11-9-16)23-13-15-6-4-3-5-7-15;1-2;/h2-11H,1,12-13H2,(H,21,22);1-2H3;1H4. The molecule has 0 heterocycles. The second kappa shape index (κ2) is 11.5. The van der Waals surface area contributed by atoms with E-state index in [-0.39, 0.29) is 13.8 Å². The first-order valence-corrected chi connectivity index (χ1v) is 8.15. The van der Waals surface area contributed by atoms with Crippen molar-refractivity contribution < 1.29 is 14.6 Å². The summed E-state index contributed by atoms with van der Waals surface area (Å²) in [5, 5.41) is 18.8. The van der Waals surface area contributed by atoms with Crippen LogP contribution in [0.3, 0.4) is 0 Å². The third kappa shape index (κ3) is 5.49. The number of hydrogen-bond donors (Lipinski definition) is 1. The highest BCUT2D eigenvalue weighted by molar-refractivity contribution is 5.85. The van der Waals surface area contributed by atoms with Crippen molar-refractivity contribution in [3.63, 3.8) is 0 Å². The van der Waals surface area contributed by atoms with Crippen LogP contribution in [0.1, 0.15) is 38.8 Å². The summed E-state index contributed by atoms with van der Waals surface area (Å²) < 4.78 is 5.66. The van der Waals surface area contributed by atoms with Gasteiger partial charge in [-0.15, -0.1) is 6.58 Å². The molecule has 0 aliphatic carbocycles. The van der Waals surface area contributed by atoms with Gasteiger partial charge in [-0.3, -0.25) is 4.79 Å². The van der Waals surface area contributed by atoms with Crippen molar-refractivity contribution in [2.24, 2.45) is 0 Å².